The van der Waals surface area contributed by atoms with Crippen molar-refractivity contribution in [3.8, 4) is 11.5 Å². The largest absolute Gasteiger partial charge is 0.486 e. The van der Waals surface area contributed by atoms with Crippen molar-refractivity contribution in [2.75, 3.05) is 19.8 Å². The smallest absolute Gasteiger partial charge is 0.172 e. The van der Waals surface area contributed by atoms with Gasteiger partial charge in [-0.2, -0.15) is 0 Å². The van der Waals surface area contributed by atoms with Gasteiger partial charge in [0.15, 0.2) is 11.5 Å². The van der Waals surface area contributed by atoms with Crippen molar-refractivity contribution in [3.63, 3.8) is 0 Å². The highest BCUT2D eigenvalue weighted by molar-refractivity contribution is 7.08. The second-order valence-corrected chi connectivity index (χ2v) is 4.74. The normalized spacial score (nSPS) is 15.5. The lowest BCUT2D eigenvalue weighted by Gasteiger charge is -2.14. The minimum atomic E-state index is 0.0381. The fourth-order valence-electron chi connectivity index (χ4n) is 1.63. The van der Waals surface area contributed by atoms with Crippen LogP contribution in [0, 0.1) is 0 Å². The van der Waals surface area contributed by atoms with E-state index in [2.05, 4.69) is 6.58 Å². The van der Waals surface area contributed by atoms with Crippen molar-refractivity contribution in [1.82, 2.24) is 0 Å². The molecule has 0 aromatic carbocycles. The highest BCUT2D eigenvalue weighted by Crippen LogP contribution is 2.33. The average molecular weight is 254 g/mol. The quantitative estimate of drug-likeness (QED) is 0.576. The van der Waals surface area contributed by atoms with E-state index in [1.54, 1.807) is 11.3 Å². The van der Waals surface area contributed by atoms with Gasteiger partial charge in [0.2, 0.25) is 0 Å². The zero-order valence-electron chi connectivity index (χ0n) is 9.89. The minimum Gasteiger partial charge on any atom is -0.486 e. The van der Waals surface area contributed by atoms with Crippen LogP contribution in [0.4, 0.5) is 0 Å². The molecular formula is C13H18O3S. The molecule has 1 aliphatic heterocycles. The molecule has 0 saturated heterocycles. The van der Waals surface area contributed by atoms with Crippen LogP contribution in [0.1, 0.15) is 19.3 Å². The summed E-state index contributed by atoms with van der Waals surface area (Å²) in [7, 11) is 0. The monoisotopic (exact) mass is 254 g/mol. The summed E-state index contributed by atoms with van der Waals surface area (Å²) >= 11 is 1.59. The lowest BCUT2D eigenvalue weighted by atomic mass is 10.2. The van der Waals surface area contributed by atoms with E-state index in [9.17, 15) is 0 Å². The van der Waals surface area contributed by atoms with Gasteiger partial charge in [0.05, 0.1) is 0 Å². The number of thiophene rings is 1. The summed E-state index contributed by atoms with van der Waals surface area (Å²) in [5, 5.41) is 3.92. The van der Waals surface area contributed by atoms with Crippen LogP contribution in [0.3, 0.4) is 0 Å². The number of fused-ring (bicyclic) bond motifs is 1. The van der Waals surface area contributed by atoms with Crippen molar-refractivity contribution in [1.29, 1.82) is 0 Å². The van der Waals surface area contributed by atoms with Crippen molar-refractivity contribution in [2.45, 2.75) is 25.4 Å². The molecule has 17 heavy (non-hydrogen) atoms. The van der Waals surface area contributed by atoms with E-state index >= 15 is 0 Å². The Bertz CT molecular complexity index is 326. The molecule has 0 unspecified atom stereocenters. The number of allylic oxidation sites excluding steroid dienone is 1. The molecule has 0 saturated carbocycles. The Balaban J connectivity index is 1.67. The molecule has 1 aromatic rings. The summed E-state index contributed by atoms with van der Waals surface area (Å²) in [6.07, 6.45) is 5.22. The first-order chi connectivity index (χ1) is 8.40. The maximum atomic E-state index is 5.73. The third-order valence-corrected chi connectivity index (χ3v) is 3.30. The number of hydrogen-bond acceptors (Lipinski definition) is 4. The van der Waals surface area contributed by atoms with Crippen LogP contribution < -0.4 is 9.47 Å². The van der Waals surface area contributed by atoms with Gasteiger partial charge in [-0.3, -0.25) is 0 Å². The Kier molecular flexibility index (Phi) is 4.88. The van der Waals surface area contributed by atoms with Crippen LogP contribution in [0.2, 0.25) is 0 Å². The van der Waals surface area contributed by atoms with Gasteiger partial charge in [-0.05, 0) is 19.3 Å². The van der Waals surface area contributed by atoms with Crippen molar-refractivity contribution < 1.29 is 14.2 Å². The highest BCUT2D eigenvalue weighted by atomic mass is 32.1. The maximum absolute atomic E-state index is 5.73. The predicted molar refractivity (Wildman–Crippen MR) is 69.1 cm³/mol. The van der Waals surface area contributed by atoms with E-state index in [1.807, 2.05) is 16.8 Å². The lowest BCUT2D eigenvalue weighted by Crippen LogP contribution is -2.27. The second kappa shape index (κ2) is 6.67. The molecule has 2 rings (SSSR count). The topological polar surface area (TPSA) is 27.7 Å². The maximum Gasteiger partial charge on any atom is 0.172 e. The number of rotatable bonds is 6. The van der Waals surface area contributed by atoms with Crippen molar-refractivity contribution >= 4 is 11.3 Å². The molecule has 0 spiro atoms. The van der Waals surface area contributed by atoms with E-state index in [4.69, 9.17) is 14.2 Å². The molecule has 1 aliphatic rings. The van der Waals surface area contributed by atoms with Crippen LogP contribution in [0.25, 0.3) is 0 Å². The molecule has 0 atom stereocenters. The Hall–Kier alpha value is -1.00. The summed E-state index contributed by atoms with van der Waals surface area (Å²) in [6, 6.07) is 0. The summed E-state index contributed by atoms with van der Waals surface area (Å²) in [6.45, 7) is 5.61. The van der Waals surface area contributed by atoms with E-state index in [0.717, 1.165) is 37.4 Å². The SMILES string of the molecule is C=CCCCCOC1COc2cscc2OC1. The molecule has 3 nitrogen and oxygen atoms in total. The highest BCUT2D eigenvalue weighted by Gasteiger charge is 2.18. The fraction of sp³-hybridized carbons (Fsp3) is 0.538. The second-order valence-electron chi connectivity index (χ2n) is 4.00. The first kappa shape index (κ1) is 12.5. The Morgan fingerprint density at radius 2 is 2.00 bits per heavy atom. The van der Waals surface area contributed by atoms with E-state index in [-0.39, 0.29) is 6.10 Å². The molecule has 0 aliphatic carbocycles. The standard InChI is InChI=1S/C13H18O3S/c1-2-3-4-5-6-14-11-7-15-12-9-17-10-13(12)16-8-11/h2,9-11H,1,3-8H2. The Morgan fingerprint density at radius 1 is 1.29 bits per heavy atom. The van der Waals surface area contributed by atoms with Gasteiger partial charge in [0.25, 0.3) is 0 Å². The van der Waals surface area contributed by atoms with E-state index in [1.165, 1.54) is 0 Å². The van der Waals surface area contributed by atoms with Gasteiger partial charge < -0.3 is 14.2 Å². The molecule has 0 radical (unpaired) electrons. The number of ether oxygens (including phenoxy) is 3. The summed E-state index contributed by atoms with van der Waals surface area (Å²) < 4.78 is 17.0. The molecule has 1 aromatic heterocycles. The molecule has 0 amide bonds. The van der Waals surface area contributed by atoms with Crippen LogP contribution in [0.15, 0.2) is 23.4 Å². The molecular weight excluding hydrogens is 236 g/mol. The average Bonchev–Trinajstić information content (AvgIpc) is 2.71. The molecule has 4 heteroatoms. The molecule has 0 bridgehead atoms. The minimum absolute atomic E-state index is 0.0381. The third-order valence-electron chi connectivity index (χ3n) is 2.60. The van der Waals surface area contributed by atoms with Gasteiger partial charge >= 0.3 is 0 Å². The van der Waals surface area contributed by atoms with Gasteiger partial charge in [-0.15, -0.1) is 17.9 Å². The molecule has 0 fully saturated rings. The van der Waals surface area contributed by atoms with Gasteiger partial charge in [0.1, 0.15) is 19.3 Å². The lowest BCUT2D eigenvalue weighted by molar-refractivity contribution is 0.00130. The van der Waals surface area contributed by atoms with Gasteiger partial charge in [-0.25, -0.2) is 0 Å². The summed E-state index contributed by atoms with van der Waals surface area (Å²) in [4.78, 5) is 0. The van der Waals surface area contributed by atoms with Crippen LogP contribution in [-0.2, 0) is 4.74 Å². The molecule has 0 N–H and O–H groups in total. The summed E-state index contributed by atoms with van der Waals surface area (Å²) in [5.74, 6) is 1.68. The number of hydrogen-bond donors (Lipinski definition) is 0. The zero-order valence-corrected chi connectivity index (χ0v) is 10.7. The Morgan fingerprint density at radius 3 is 2.65 bits per heavy atom. The number of unbranched alkanes of at least 4 members (excludes halogenated alkanes) is 2. The predicted octanol–water partition coefficient (Wildman–Crippen LogP) is 3.26. The zero-order chi connectivity index (χ0) is 11.9. The Labute approximate surface area is 106 Å². The molecule has 94 valence electrons. The first-order valence-electron chi connectivity index (χ1n) is 5.94. The third kappa shape index (κ3) is 3.75. The van der Waals surface area contributed by atoms with Crippen molar-refractivity contribution in [3.05, 3.63) is 23.4 Å². The first-order valence-corrected chi connectivity index (χ1v) is 6.88. The molecule has 2 heterocycles. The van der Waals surface area contributed by atoms with Crippen LogP contribution >= 0.6 is 11.3 Å². The fourth-order valence-corrected chi connectivity index (χ4v) is 2.32. The van der Waals surface area contributed by atoms with Crippen LogP contribution in [0.5, 0.6) is 11.5 Å². The van der Waals surface area contributed by atoms with Gasteiger partial charge in [-0.1, -0.05) is 6.08 Å². The summed E-state index contributed by atoms with van der Waals surface area (Å²) in [5.41, 5.74) is 0. The van der Waals surface area contributed by atoms with E-state index in [0.29, 0.717) is 13.2 Å². The van der Waals surface area contributed by atoms with Crippen LogP contribution in [-0.4, -0.2) is 25.9 Å². The van der Waals surface area contributed by atoms with Crippen molar-refractivity contribution in [2.24, 2.45) is 0 Å². The van der Waals surface area contributed by atoms with E-state index < -0.39 is 0 Å². The van der Waals surface area contributed by atoms with Gasteiger partial charge in [0, 0.05) is 17.4 Å².